The third kappa shape index (κ3) is 4.05. The van der Waals surface area contributed by atoms with Crippen molar-refractivity contribution in [1.82, 2.24) is 4.98 Å². The number of hydrogen-bond donors (Lipinski definition) is 1. The van der Waals surface area contributed by atoms with E-state index < -0.39 is 5.97 Å². The van der Waals surface area contributed by atoms with E-state index >= 15 is 0 Å². The zero-order chi connectivity index (χ0) is 13.5. The van der Waals surface area contributed by atoms with Crippen molar-refractivity contribution in [1.29, 1.82) is 0 Å². The van der Waals surface area contributed by atoms with E-state index in [2.05, 4.69) is 23.2 Å². The lowest BCUT2D eigenvalue weighted by molar-refractivity contribution is -0.137. The molecule has 0 aliphatic rings. The molecule has 0 aliphatic heterocycles. The number of fused-ring (bicyclic) bond motifs is 1. The normalized spacial score (nSPS) is 10.7. The average Bonchev–Trinajstić information content (AvgIpc) is 2.42. The number of pyridine rings is 1. The Bertz CT molecular complexity index is 546. The van der Waals surface area contributed by atoms with Gasteiger partial charge in [0.1, 0.15) is 0 Å². The SMILES string of the molecule is O=C(O)CCCCCCc1cncc2ccccc12. The number of aromatic nitrogens is 1. The van der Waals surface area contributed by atoms with Crippen molar-refractivity contribution in [3.63, 3.8) is 0 Å². The first kappa shape index (κ1) is 13.5. The number of carbonyl (C=O) groups is 1. The summed E-state index contributed by atoms with van der Waals surface area (Å²) in [6.45, 7) is 0. The summed E-state index contributed by atoms with van der Waals surface area (Å²) >= 11 is 0. The van der Waals surface area contributed by atoms with Crippen LogP contribution in [0.15, 0.2) is 36.7 Å². The van der Waals surface area contributed by atoms with E-state index in [1.807, 2.05) is 18.5 Å². The summed E-state index contributed by atoms with van der Waals surface area (Å²) in [6, 6.07) is 8.30. The van der Waals surface area contributed by atoms with Crippen LogP contribution in [-0.2, 0) is 11.2 Å². The Hall–Kier alpha value is -1.90. The minimum absolute atomic E-state index is 0.288. The topological polar surface area (TPSA) is 50.2 Å². The molecule has 0 bridgehead atoms. The lowest BCUT2D eigenvalue weighted by Gasteiger charge is -2.05. The second-order valence-corrected chi connectivity index (χ2v) is 4.83. The Labute approximate surface area is 113 Å². The summed E-state index contributed by atoms with van der Waals surface area (Å²) in [5.41, 5.74) is 1.29. The molecule has 1 heterocycles. The van der Waals surface area contributed by atoms with Crippen molar-refractivity contribution in [2.75, 3.05) is 0 Å². The molecule has 0 radical (unpaired) electrons. The van der Waals surface area contributed by atoms with Gasteiger partial charge in [0.25, 0.3) is 0 Å². The molecule has 1 N–H and O–H groups in total. The van der Waals surface area contributed by atoms with Gasteiger partial charge in [0.2, 0.25) is 0 Å². The molecule has 100 valence electrons. The molecule has 2 rings (SSSR count). The second-order valence-electron chi connectivity index (χ2n) is 4.83. The molecule has 19 heavy (non-hydrogen) atoms. The summed E-state index contributed by atoms with van der Waals surface area (Å²) in [6.07, 6.45) is 9.09. The van der Waals surface area contributed by atoms with Crippen LogP contribution in [0, 0.1) is 0 Å². The number of aryl methyl sites for hydroxylation is 1. The van der Waals surface area contributed by atoms with Gasteiger partial charge >= 0.3 is 5.97 Å². The summed E-state index contributed by atoms with van der Waals surface area (Å²) in [7, 11) is 0. The fraction of sp³-hybridized carbons (Fsp3) is 0.375. The number of benzene rings is 1. The summed E-state index contributed by atoms with van der Waals surface area (Å²) < 4.78 is 0. The predicted molar refractivity (Wildman–Crippen MR) is 76.2 cm³/mol. The number of nitrogens with zero attached hydrogens (tertiary/aromatic N) is 1. The zero-order valence-corrected chi connectivity index (χ0v) is 11.0. The van der Waals surface area contributed by atoms with E-state index in [-0.39, 0.29) is 6.42 Å². The van der Waals surface area contributed by atoms with Gasteiger partial charge in [-0.05, 0) is 30.2 Å². The lowest BCUT2D eigenvalue weighted by Crippen LogP contribution is -1.94. The maximum absolute atomic E-state index is 10.4. The molecule has 3 nitrogen and oxygen atoms in total. The minimum Gasteiger partial charge on any atom is -0.481 e. The quantitative estimate of drug-likeness (QED) is 0.767. The number of hydrogen-bond acceptors (Lipinski definition) is 2. The monoisotopic (exact) mass is 257 g/mol. The highest BCUT2D eigenvalue weighted by Gasteiger charge is 2.01. The Kier molecular flexibility index (Phi) is 4.90. The molecule has 3 heteroatoms. The van der Waals surface area contributed by atoms with Crippen molar-refractivity contribution >= 4 is 16.7 Å². The van der Waals surface area contributed by atoms with Gasteiger partial charge in [-0.3, -0.25) is 9.78 Å². The Morgan fingerprint density at radius 2 is 1.84 bits per heavy atom. The van der Waals surface area contributed by atoms with Gasteiger partial charge in [-0.15, -0.1) is 0 Å². The number of aliphatic carboxylic acids is 1. The van der Waals surface area contributed by atoms with Crippen molar-refractivity contribution in [3.8, 4) is 0 Å². The Morgan fingerprint density at radius 1 is 1.05 bits per heavy atom. The van der Waals surface area contributed by atoms with Crippen molar-refractivity contribution in [2.24, 2.45) is 0 Å². The van der Waals surface area contributed by atoms with Crippen LogP contribution < -0.4 is 0 Å². The number of carboxylic acids is 1. The highest BCUT2D eigenvalue weighted by molar-refractivity contribution is 5.84. The van der Waals surface area contributed by atoms with Crippen LogP contribution in [-0.4, -0.2) is 16.1 Å². The van der Waals surface area contributed by atoms with Crippen LogP contribution in [0.4, 0.5) is 0 Å². The summed E-state index contributed by atoms with van der Waals surface area (Å²) in [4.78, 5) is 14.7. The molecule has 0 saturated heterocycles. The van der Waals surface area contributed by atoms with Crippen LogP contribution >= 0.6 is 0 Å². The maximum atomic E-state index is 10.4. The van der Waals surface area contributed by atoms with E-state index in [0.717, 1.165) is 32.1 Å². The van der Waals surface area contributed by atoms with Crippen molar-refractivity contribution < 1.29 is 9.90 Å². The molecule has 2 aromatic rings. The van der Waals surface area contributed by atoms with E-state index in [1.54, 1.807) is 0 Å². The molecule has 0 amide bonds. The van der Waals surface area contributed by atoms with Crippen molar-refractivity contribution in [3.05, 3.63) is 42.2 Å². The van der Waals surface area contributed by atoms with Crippen LogP contribution in [0.3, 0.4) is 0 Å². The van der Waals surface area contributed by atoms with Crippen molar-refractivity contribution in [2.45, 2.75) is 38.5 Å². The van der Waals surface area contributed by atoms with Gasteiger partial charge in [0.15, 0.2) is 0 Å². The van der Waals surface area contributed by atoms with Gasteiger partial charge in [-0.2, -0.15) is 0 Å². The van der Waals surface area contributed by atoms with Crippen LogP contribution in [0.2, 0.25) is 0 Å². The van der Waals surface area contributed by atoms with Gasteiger partial charge in [-0.25, -0.2) is 0 Å². The van der Waals surface area contributed by atoms with Crippen LogP contribution in [0.5, 0.6) is 0 Å². The number of carboxylic acid groups (broad SMARTS) is 1. The first-order chi connectivity index (χ1) is 9.27. The standard InChI is InChI=1S/C16H19NO2/c18-16(19)10-4-2-1-3-7-13-11-17-12-14-8-5-6-9-15(13)14/h5-6,8-9,11-12H,1-4,7,10H2,(H,18,19). The third-order valence-electron chi connectivity index (χ3n) is 3.34. The van der Waals surface area contributed by atoms with E-state index in [0.29, 0.717) is 0 Å². The van der Waals surface area contributed by atoms with Crippen LogP contribution in [0.1, 0.15) is 37.7 Å². The number of unbranched alkanes of at least 4 members (excludes halogenated alkanes) is 3. The maximum Gasteiger partial charge on any atom is 0.303 e. The lowest BCUT2D eigenvalue weighted by atomic mass is 10.0. The molecule has 0 atom stereocenters. The van der Waals surface area contributed by atoms with E-state index in [9.17, 15) is 4.79 Å². The van der Waals surface area contributed by atoms with Gasteiger partial charge < -0.3 is 5.11 Å². The highest BCUT2D eigenvalue weighted by atomic mass is 16.4. The highest BCUT2D eigenvalue weighted by Crippen LogP contribution is 2.19. The molecule has 0 fully saturated rings. The Balaban J connectivity index is 1.83. The third-order valence-corrected chi connectivity index (χ3v) is 3.34. The first-order valence-corrected chi connectivity index (χ1v) is 6.81. The zero-order valence-electron chi connectivity index (χ0n) is 11.0. The second kappa shape index (κ2) is 6.88. The fourth-order valence-corrected chi connectivity index (χ4v) is 2.32. The summed E-state index contributed by atoms with van der Waals surface area (Å²) in [5, 5.41) is 11.0. The Morgan fingerprint density at radius 3 is 2.68 bits per heavy atom. The summed E-state index contributed by atoms with van der Waals surface area (Å²) in [5.74, 6) is -0.696. The molecule has 0 unspecified atom stereocenters. The van der Waals surface area contributed by atoms with Crippen LogP contribution in [0.25, 0.3) is 10.8 Å². The molecule has 0 spiro atoms. The number of rotatable bonds is 7. The molecule has 1 aromatic heterocycles. The molecule has 1 aromatic carbocycles. The van der Waals surface area contributed by atoms with Gasteiger partial charge in [-0.1, -0.05) is 37.1 Å². The molecular formula is C16H19NO2. The predicted octanol–water partition coefficient (Wildman–Crippen LogP) is 3.81. The van der Waals surface area contributed by atoms with Gasteiger partial charge in [0.05, 0.1) is 0 Å². The average molecular weight is 257 g/mol. The molecule has 0 saturated carbocycles. The molecular weight excluding hydrogens is 238 g/mol. The first-order valence-electron chi connectivity index (χ1n) is 6.81. The minimum atomic E-state index is -0.696. The van der Waals surface area contributed by atoms with Gasteiger partial charge in [0, 0.05) is 24.2 Å². The largest absolute Gasteiger partial charge is 0.481 e. The fourth-order valence-electron chi connectivity index (χ4n) is 2.32. The van der Waals surface area contributed by atoms with E-state index in [1.165, 1.54) is 16.3 Å². The van der Waals surface area contributed by atoms with E-state index in [4.69, 9.17) is 5.11 Å². The smallest absolute Gasteiger partial charge is 0.303 e. The molecule has 0 aliphatic carbocycles.